The van der Waals surface area contributed by atoms with Crippen molar-refractivity contribution in [3.8, 4) is 0 Å². The van der Waals surface area contributed by atoms with Crippen LogP contribution in [0.1, 0.15) is 0 Å². The second kappa shape index (κ2) is 2.16. The lowest BCUT2D eigenvalue weighted by molar-refractivity contribution is 1.18. The van der Waals surface area contributed by atoms with Crippen LogP contribution >= 0.6 is 0 Å². The van der Waals surface area contributed by atoms with Gasteiger partial charge in [0.1, 0.15) is 11.3 Å². The highest BCUT2D eigenvalue weighted by atomic mass is 16.3. The first kappa shape index (κ1) is 6.03. The molecular weight excluding hydrogens is 142 g/mol. The van der Waals surface area contributed by atoms with Crippen LogP contribution in [0.3, 0.4) is 0 Å². The van der Waals surface area contributed by atoms with E-state index in [1.807, 2.05) is 0 Å². The highest BCUT2D eigenvalue weighted by Gasteiger charge is 1.94. The number of aromatic nitrogens is 2. The number of fused-ring (bicyclic) bond motifs is 1. The molecule has 0 bridgehead atoms. The minimum absolute atomic E-state index is 0.413. The first-order valence-electron chi connectivity index (χ1n) is 3.16. The Morgan fingerprint density at radius 2 is 2.36 bits per heavy atom. The van der Waals surface area contributed by atoms with Gasteiger partial charge in [0.05, 0.1) is 0 Å². The van der Waals surface area contributed by atoms with Crippen LogP contribution in [0.25, 0.3) is 5.65 Å². The van der Waals surface area contributed by atoms with E-state index in [0.29, 0.717) is 5.69 Å². The fraction of sp³-hybridized carbons (Fsp3) is 0. The van der Waals surface area contributed by atoms with Gasteiger partial charge in [0, 0.05) is 18.6 Å². The molecule has 0 amide bonds. The lowest BCUT2D eigenvalue weighted by Gasteiger charge is -1.91. The Hall–Kier alpha value is -1.71. The molecule has 0 aromatic carbocycles. The van der Waals surface area contributed by atoms with Gasteiger partial charge in [0.2, 0.25) is 0 Å². The number of hydrogen-bond donors (Lipinski definition) is 0. The minimum atomic E-state index is 0.413. The molecule has 11 heavy (non-hydrogen) atoms. The normalized spacial score (nSPS) is 10.2. The second-order valence-electron chi connectivity index (χ2n) is 2.17. The van der Waals surface area contributed by atoms with Gasteiger partial charge in [-0.15, -0.1) is 4.91 Å². The van der Waals surface area contributed by atoms with Crippen molar-refractivity contribution < 1.29 is 0 Å². The van der Waals surface area contributed by atoms with E-state index in [1.54, 1.807) is 35.1 Å². The Bertz CT molecular complexity index is 393. The summed E-state index contributed by atoms with van der Waals surface area (Å²) in [6, 6.07) is 3.38. The van der Waals surface area contributed by atoms with Crippen LogP contribution in [0.5, 0.6) is 0 Å². The predicted octanol–water partition coefficient (Wildman–Crippen LogP) is 1.73. The zero-order chi connectivity index (χ0) is 7.68. The van der Waals surface area contributed by atoms with Crippen molar-refractivity contribution in [2.75, 3.05) is 0 Å². The standard InChI is InChI=1S/C7H5N3O/c11-9-6-1-2-7-8-3-4-10(7)5-6/h1-5H. The zero-order valence-corrected chi connectivity index (χ0v) is 5.64. The van der Waals surface area contributed by atoms with Gasteiger partial charge in [0.15, 0.2) is 0 Å². The minimum Gasteiger partial charge on any atom is -0.305 e. The third kappa shape index (κ3) is 0.881. The second-order valence-corrected chi connectivity index (χ2v) is 2.17. The Morgan fingerprint density at radius 1 is 1.45 bits per heavy atom. The SMILES string of the molecule is O=Nc1ccc2nccn2c1. The molecule has 0 N–H and O–H groups in total. The van der Waals surface area contributed by atoms with Gasteiger partial charge in [0.25, 0.3) is 0 Å². The summed E-state index contributed by atoms with van der Waals surface area (Å²) in [4.78, 5) is 14.1. The van der Waals surface area contributed by atoms with Gasteiger partial charge >= 0.3 is 0 Å². The molecule has 0 unspecified atom stereocenters. The predicted molar refractivity (Wildman–Crippen MR) is 40.6 cm³/mol. The maximum Gasteiger partial charge on any atom is 0.136 e. The zero-order valence-electron chi connectivity index (χ0n) is 5.64. The number of imidazole rings is 1. The van der Waals surface area contributed by atoms with Crippen LogP contribution in [-0.2, 0) is 0 Å². The molecule has 2 aromatic heterocycles. The fourth-order valence-corrected chi connectivity index (χ4v) is 0.962. The van der Waals surface area contributed by atoms with Gasteiger partial charge in [-0.05, 0) is 17.3 Å². The smallest absolute Gasteiger partial charge is 0.136 e. The van der Waals surface area contributed by atoms with Crippen molar-refractivity contribution >= 4 is 11.3 Å². The largest absolute Gasteiger partial charge is 0.305 e. The number of rotatable bonds is 1. The summed E-state index contributed by atoms with van der Waals surface area (Å²) in [5.41, 5.74) is 1.23. The molecule has 0 aliphatic carbocycles. The molecule has 4 nitrogen and oxygen atoms in total. The molecule has 0 fully saturated rings. The Labute approximate surface area is 62.5 Å². The molecule has 0 atom stereocenters. The maximum atomic E-state index is 10.1. The van der Waals surface area contributed by atoms with E-state index in [1.165, 1.54) is 0 Å². The van der Waals surface area contributed by atoms with Crippen LogP contribution in [0.4, 0.5) is 5.69 Å². The van der Waals surface area contributed by atoms with E-state index >= 15 is 0 Å². The Kier molecular flexibility index (Phi) is 1.18. The molecule has 2 heterocycles. The number of pyridine rings is 1. The third-order valence-corrected chi connectivity index (χ3v) is 1.48. The van der Waals surface area contributed by atoms with E-state index in [0.717, 1.165) is 5.65 Å². The van der Waals surface area contributed by atoms with Crippen molar-refractivity contribution in [1.82, 2.24) is 9.38 Å². The summed E-state index contributed by atoms with van der Waals surface area (Å²) in [5, 5.41) is 2.80. The third-order valence-electron chi connectivity index (χ3n) is 1.48. The molecule has 2 aromatic rings. The highest BCUT2D eigenvalue weighted by molar-refractivity contribution is 5.46. The first-order valence-corrected chi connectivity index (χ1v) is 3.16. The van der Waals surface area contributed by atoms with E-state index < -0.39 is 0 Å². The quantitative estimate of drug-likeness (QED) is 0.576. The van der Waals surface area contributed by atoms with Crippen LogP contribution < -0.4 is 0 Å². The van der Waals surface area contributed by atoms with Crippen molar-refractivity contribution in [2.45, 2.75) is 0 Å². The number of nitroso groups, excluding NO2 is 1. The van der Waals surface area contributed by atoms with Crippen molar-refractivity contribution in [3.05, 3.63) is 35.6 Å². The molecule has 0 aliphatic rings. The number of nitrogens with zero attached hydrogens (tertiary/aromatic N) is 3. The molecule has 4 heteroatoms. The van der Waals surface area contributed by atoms with Crippen molar-refractivity contribution in [3.63, 3.8) is 0 Å². The summed E-state index contributed by atoms with van der Waals surface area (Å²) in [6.07, 6.45) is 5.07. The van der Waals surface area contributed by atoms with Crippen LogP contribution in [0.2, 0.25) is 0 Å². The summed E-state index contributed by atoms with van der Waals surface area (Å²) < 4.78 is 1.75. The van der Waals surface area contributed by atoms with Gasteiger partial charge in [-0.1, -0.05) is 0 Å². The van der Waals surface area contributed by atoms with Crippen LogP contribution in [0, 0.1) is 4.91 Å². The molecule has 2 rings (SSSR count). The molecular formula is C7H5N3O. The molecule has 0 radical (unpaired) electrons. The summed E-state index contributed by atoms with van der Waals surface area (Å²) in [7, 11) is 0. The highest BCUT2D eigenvalue weighted by Crippen LogP contribution is 2.11. The summed E-state index contributed by atoms with van der Waals surface area (Å²) >= 11 is 0. The Morgan fingerprint density at radius 3 is 3.18 bits per heavy atom. The summed E-state index contributed by atoms with van der Waals surface area (Å²) in [6.45, 7) is 0. The van der Waals surface area contributed by atoms with Gasteiger partial charge < -0.3 is 4.40 Å². The molecule has 0 saturated carbocycles. The monoisotopic (exact) mass is 147 g/mol. The first-order chi connectivity index (χ1) is 5.40. The van der Waals surface area contributed by atoms with Gasteiger partial charge in [-0.2, -0.15) is 0 Å². The van der Waals surface area contributed by atoms with E-state index in [2.05, 4.69) is 10.2 Å². The maximum absolute atomic E-state index is 10.1. The fourth-order valence-electron chi connectivity index (χ4n) is 0.962. The van der Waals surface area contributed by atoms with E-state index in [-0.39, 0.29) is 0 Å². The molecule has 0 aliphatic heterocycles. The van der Waals surface area contributed by atoms with Gasteiger partial charge in [-0.25, -0.2) is 4.98 Å². The van der Waals surface area contributed by atoms with E-state index in [4.69, 9.17) is 0 Å². The number of hydrogen-bond acceptors (Lipinski definition) is 3. The van der Waals surface area contributed by atoms with Gasteiger partial charge in [-0.3, -0.25) is 0 Å². The average molecular weight is 147 g/mol. The van der Waals surface area contributed by atoms with Crippen LogP contribution in [-0.4, -0.2) is 9.38 Å². The van der Waals surface area contributed by atoms with Crippen molar-refractivity contribution in [2.24, 2.45) is 5.18 Å². The Balaban J connectivity index is 2.76. The van der Waals surface area contributed by atoms with Crippen molar-refractivity contribution in [1.29, 1.82) is 0 Å². The van der Waals surface area contributed by atoms with Crippen LogP contribution in [0.15, 0.2) is 35.9 Å². The topological polar surface area (TPSA) is 46.7 Å². The van der Waals surface area contributed by atoms with E-state index in [9.17, 15) is 4.91 Å². The molecule has 0 spiro atoms. The molecule has 0 saturated heterocycles. The lowest BCUT2D eigenvalue weighted by Crippen LogP contribution is -1.79. The summed E-state index contributed by atoms with van der Waals surface area (Å²) in [5.74, 6) is 0. The lowest BCUT2D eigenvalue weighted by atomic mass is 10.4. The average Bonchev–Trinajstić information content (AvgIpc) is 2.50. The molecule has 54 valence electrons.